The number of nitrogens with zero attached hydrogens (tertiary/aromatic N) is 1. The van der Waals surface area contributed by atoms with Gasteiger partial charge in [0.05, 0.1) is 32.2 Å². The molecule has 0 aliphatic carbocycles. The van der Waals surface area contributed by atoms with Crippen molar-refractivity contribution in [3.63, 3.8) is 0 Å². The maximum Gasteiger partial charge on any atom is 0.244 e. The highest BCUT2D eigenvalue weighted by atomic mass is 32.2. The van der Waals surface area contributed by atoms with E-state index >= 15 is 0 Å². The third kappa shape index (κ3) is 5.44. The van der Waals surface area contributed by atoms with Gasteiger partial charge in [0.1, 0.15) is 6.04 Å². The van der Waals surface area contributed by atoms with Crippen molar-refractivity contribution < 1.29 is 22.7 Å². The molecular formula is C22H30N2O5S. The van der Waals surface area contributed by atoms with Crippen LogP contribution in [0.15, 0.2) is 48.5 Å². The quantitative estimate of drug-likeness (QED) is 0.618. The van der Waals surface area contributed by atoms with Gasteiger partial charge >= 0.3 is 0 Å². The van der Waals surface area contributed by atoms with E-state index in [-0.39, 0.29) is 11.9 Å². The number of sulfonamides is 1. The van der Waals surface area contributed by atoms with Crippen molar-refractivity contribution in [3.8, 4) is 11.5 Å². The number of hydrogen-bond donors (Lipinski definition) is 1. The number of benzene rings is 2. The Kier molecular flexibility index (Phi) is 8.11. The zero-order valence-electron chi connectivity index (χ0n) is 18.1. The van der Waals surface area contributed by atoms with E-state index in [9.17, 15) is 13.2 Å². The van der Waals surface area contributed by atoms with Crippen LogP contribution in [0, 0.1) is 0 Å². The Morgan fingerprint density at radius 2 is 1.63 bits per heavy atom. The number of hydrogen-bond acceptors (Lipinski definition) is 5. The van der Waals surface area contributed by atoms with Gasteiger partial charge in [0.25, 0.3) is 0 Å². The van der Waals surface area contributed by atoms with E-state index in [4.69, 9.17) is 9.47 Å². The van der Waals surface area contributed by atoms with Crippen molar-refractivity contribution in [1.82, 2.24) is 5.32 Å². The summed E-state index contributed by atoms with van der Waals surface area (Å²) in [6.45, 7) is 3.75. The molecule has 2 aromatic rings. The van der Waals surface area contributed by atoms with Crippen molar-refractivity contribution in [2.24, 2.45) is 0 Å². The van der Waals surface area contributed by atoms with E-state index in [1.54, 1.807) is 57.5 Å². The van der Waals surface area contributed by atoms with Crippen LogP contribution >= 0.6 is 0 Å². The number of para-hydroxylation sites is 1. The van der Waals surface area contributed by atoms with Gasteiger partial charge in [0.15, 0.2) is 11.5 Å². The molecular weight excluding hydrogens is 404 g/mol. The second-order valence-electron chi connectivity index (χ2n) is 6.90. The molecule has 2 atom stereocenters. The molecule has 30 heavy (non-hydrogen) atoms. The number of anilines is 1. The van der Waals surface area contributed by atoms with Crippen LogP contribution in [0.3, 0.4) is 0 Å². The van der Waals surface area contributed by atoms with Gasteiger partial charge in [-0.3, -0.25) is 9.10 Å². The fraction of sp³-hybridized carbons (Fsp3) is 0.409. The van der Waals surface area contributed by atoms with Crippen molar-refractivity contribution >= 4 is 21.6 Å². The summed E-state index contributed by atoms with van der Waals surface area (Å²) >= 11 is 0. The van der Waals surface area contributed by atoms with E-state index in [2.05, 4.69) is 5.32 Å². The predicted molar refractivity (Wildman–Crippen MR) is 119 cm³/mol. The lowest BCUT2D eigenvalue weighted by Gasteiger charge is -2.31. The Morgan fingerprint density at radius 3 is 2.13 bits per heavy atom. The molecule has 0 saturated carbocycles. The summed E-state index contributed by atoms with van der Waals surface area (Å²) in [4.78, 5) is 13.2. The number of ether oxygens (including phenoxy) is 2. The summed E-state index contributed by atoms with van der Waals surface area (Å²) in [5.74, 6) is 0.811. The van der Waals surface area contributed by atoms with Crippen LogP contribution in [0.2, 0.25) is 0 Å². The standard InChI is InChI=1S/C22H30N2O5S/c1-6-18(16-13-14-20(28-3)21(15-16)29-4)23-22(25)19(7-2)24(30(5,26)27)17-11-9-8-10-12-17/h8-15,18-19H,6-7H2,1-5H3,(H,23,25)/t18-,19+/m0/s1. The van der Waals surface area contributed by atoms with Crippen LogP contribution in [-0.4, -0.2) is 40.8 Å². The highest BCUT2D eigenvalue weighted by Crippen LogP contribution is 2.31. The molecule has 2 aromatic carbocycles. The van der Waals surface area contributed by atoms with Crippen molar-refractivity contribution in [1.29, 1.82) is 0 Å². The minimum absolute atomic E-state index is 0.302. The lowest BCUT2D eigenvalue weighted by Crippen LogP contribution is -2.50. The van der Waals surface area contributed by atoms with E-state index in [1.807, 2.05) is 19.1 Å². The Morgan fingerprint density at radius 1 is 1.00 bits per heavy atom. The SMILES string of the molecule is CC[C@H](NC(=O)[C@@H](CC)N(c1ccccc1)S(C)(=O)=O)c1ccc(OC)c(OC)c1. The average molecular weight is 435 g/mol. The van der Waals surface area contributed by atoms with Crippen LogP contribution in [-0.2, 0) is 14.8 Å². The first-order valence-corrected chi connectivity index (χ1v) is 11.7. The molecule has 0 unspecified atom stereocenters. The number of nitrogens with one attached hydrogen (secondary N) is 1. The second-order valence-corrected chi connectivity index (χ2v) is 8.76. The molecule has 0 aliphatic heterocycles. The molecule has 164 valence electrons. The molecule has 2 rings (SSSR count). The fourth-order valence-corrected chi connectivity index (χ4v) is 4.61. The lowest BCUT2D eigenvalue weighted by atomic mass is 10.0. The van der Waals surface area contributed by atoms with E-state index in [0.29, 0.717) is 30.0 Å². The first-order valence-electron chi connectivity index (χ1n) is 9.83. The van der Waals surface area contributed by atoms with E-state index in [0.717, 1.165) is 11.8 Å². The van der Waals surface area contributed by atoms with E-state index < -0.39 is 16.1 Å². The summed E-state index contributed by atoms with van der Waals surface area (Å²) in [6.07, 6.45) is 2.07. The highest BCUT2D eigenvalue weighted by molar-refractivity contribution is 7.92. The summed E-state index contributed by atoms with van der Waals surface area (Å²) in [5.41, 5.74) is 1.31. The Hall–Kier alpha value is -2.74. The topological polar surface area (TPSA) is 84.9 Å². The number of carbonyl (C=O) groups excluding carboxylic acids is 1. The third-order valence-corrected chi connectivity index (χ3v) is 6.05. The van der Waals surface area contributed by atoms with E-state index in [1.165, 1.54) is 4.31 Å². The van der Waals surface area contributed by atoms with Gasteiger partial charge in [-0.05, 0) is 42.7 Å². The van der Waals surface area contributed by atoms with Crippen molar-refractivity contribution in [3.05, 3.63) is 54.1 Å². The largest absolute Gasteiger partial charge is 0.493 e. The monoisotopic (exact) mass is 434 g/mol. The zero-order valence-corrected chi connectivity index (χ0v) is 18.9. The van der Waals surface area contributed by atoms with Crippen LogP contribution in [0.25, 0.3) is 0 Å². The maximum atomic E-state index is 13.2. The molecule has 0 fully saturated rings. The summed E-state index contributed by atoms with van der Waals surface area (Å²) in [5, 5.41) is 3.00. The number of carbonyl (C=O) groups is 1. The van der Waals surface area contributed by atoms with Crippen molar-refractivity contribution in [2.45, 2.75) is 38.8 Å². The minimum Gasteiger partial charge on any atom is -0.493 e. The fourth-order valence-electron chi connectivity index (χ4n) is 3.39. The molecule has 0 aliphatic rings. The summed E-state index contributed by atoms with van der Waals surface area (Å²) in [6, 6.07) is 13.0. The van der Waals surface area contributed by atoms with Crippen LogP contribution in [0.1, 0.15) is 38.3 Å². The smallest absolute Gasteiger partial charge is 0.244 e. The normalized spacial score (nSPS) is 13.2. The predicted octanol–water partition coefficient (Wildman–Crippen LogP) is 3.52. The molecule has 7 nitrogen and oxygen atoms in total. The van der Waals surface area contributed by atoms with Gasteiger partial charge < -0.3 is 14.8 Å². The maximum absolute atomic E-state index is 13.2. The van der Waals surface area contributed by atoms with Crippen molar-refractivity contribution in [2.75, 3.05) is 24.8 Å². The highest BCUT2D eigenvalue weighted by Gasteiger charge is 2.32. The van der Waals surface area contributed by atoms with Crippen LogP contribution in [0.4, 0.5) is 5.69 Å². The van der Waals surface area contributed by atoms with Crippen LogP contribution < -0.4 is 19.1 Å². The molecule has 0 aromatic heterocycles. The first-order chi connectivity index (χ1) is 14.3. The molecule has 8 heteroatoms. The van der Waals surface area contributed by atoms with Gasteiger partial charge in [0.2, 0.25) is 15.9 Å². The second kappa shape index (κ2) is 10.3. The summed E-state index contributed by atoms with van der Waals surface area (Å²) in [7, 11) is -0.550. The Balaban J connectivity index is 2.34. The Bertz CT molecular complexity index is 947. The van der Waals surface area contributed by atoms with Gasteiger partial charge in [0, 0.05) is 0 Å². The molecule has 0 bridgehead atoms. The Labute approximate surface area is 179 Å². The molecule has 0 spiro atoms. The van der Waals surface area contributed by atoms with Gasteiger partial charge in [-0.25, -0.2) is 8.42 Å². The van der Waals surface area contributed by atoms with Gasteiger partial charge in [-0.1, -0.05) is 38.1 Å². The molecule has 1 N–H and O–H groups in total. The number of rotatable bonds is 10. The molecule has 0 saturated heterocycles. The van der Waals surface area contributed by atoms with Crippen LogP contribution in [0.5, 0.6) is 11.5 Å². The first kappa shape index (κ1) is 23.5. The number of methoxy groups -OCH3 is 2. The number of amides is 1. The average Bonchev–Trinajstić information content (AvgIpc) is 2.74. The molecule has 1 amide bonds. The lowest BCUT2D eigenvalue weighted by molar-refractivity contribution is -0.123. The third-order valence-electron chi connectivity index (χ3n) is 4.88. The zero-order chi connectivity index (χ0) is 22.3. The molecule has 0 heterocycles. The molecule has 0 radical (unpaired) electrons. The summed E-state index contributed by atoms with van der Waals surface area (Å²) < 4.78 is 36.9. The van der Waals surface area contributed by atoms with Gasteiger partial charge in [-0.2, -0.15) is 0 Å². The minimum atomic E-state index is -3.67. The van der Waals surface area contributed by atoms with Gasteiger partial charge in [-0.15, -0.1) is 0 Å².